The van der Waals surface area contributed by atoms with Gasteiger partial charge in [0.25, 0.3) is 0 Å². The van der Waals surface area contributed by atoms with Gasteiger partial charge in [-0.05, 0) is 48.7 Å². The van der Waals surface area contributed by atoms with Crippen LogP contribution in [0.1, 0.15) is 24.4 Å². The van der Waals surface area contributed by atoms with E-state index in [4.69, 9.17) is 24.4 Å². The molecule has 2 N–H and O–H groups in total. The summed E-state index contributed by atoms with van der Waals surface area (Å²) in [5.74, 6) is 1.87. The second kappa shape index (κ2) is 13.7. The fourth-order valence-electron chi connectivity index (χ4n) is 5.54. The number of anilines is 3. The molecule has 4 heterocycles. The third-order valence-electron chi connectivity index (χ3n) is 7.89. The van der Waals surface area contributed by atoms with Crippen LogP contribution in [0.2, 0.25) is 0 Å². The predicted molar refractivity (Wildman–Crippen MR) is 167 cm³/mol. The Hall–Kier alpha value is -4.48. The lowest BCUT2D eigenvalue weighted by Crippen LogP contribution is -2.39. The average molecular weight is 583 g/mol. The zero-order valence-electron chi connectivity index (χ0n) is 24.3. The van der Waals surface area contributed by atoms with E-state index in [9.17, 15) is 4.79 Å². The van der Waals surface area contributed by atoms with Gasteiger partial charge in [0.15, 0.2) is 17.0 Å². The SMILES string of the molecule is C=CC(=O)N1CCC[C@H](n2cnc3c(NCc4ccccc4)nc(Nc4ccc(OCCN5CCOCC5)cc4)nc32)C1. The molecule has 224 valence electrons. The fraction of sp³-hybridized carbons (Fsp3) is 0.375. The van der Waals surface area contributed by atoms with Crippen LogP contribution in [-0.2, 0) is 16.1 Å². The van der Waals surface area contributed by atoms with Crippen LogP contribution in [0.3, 0.4) is 0 Å². The second-order valence-electron chi connectivity index (χ2n) is 10.8. The second-order valence-corrected chi connectivity index (χ2v) is 10.8. The number of morpholine rings is 1. The number of fused-ring (bicyclic) bond motifs is 1. The van der Waals surface area contributed by atoms with Gasteiger partial charge < -0.3 is 29.6 Å². The summed E-state index contributed by atoms with van der Waals surface area (Å²) >= 11 is 0. The Morgan fingerprint density at radius 3 is 2.67 bits per heavy atom. The molecule has 1 amide bonds. The van der Waals surface area contributed by atoms with Crippen molar-refractivity contribution in [3.63, 3.8) is 0 Å². The average Bonchev–Trinajstić information content (AvgIpc) is 3.49. The topological polar surface area (TPSA) is 110 Å². The number of piperidine rings is 1. The van der Waals surface area contributed by atoms with Gasteiger partial charge in [-0.25, -0.2) is 4.98 Å². The van der Waals surface area contributed by atoms with E-state index in [0.29, 0.717) is 42.6 Å². The van der Waals surface area contributed by atoms with Crippen molar-refractivity contribution in [2.45, 2.75) is 25.4 Å². The van der Waals surface area contributed by atoms with Crippen LogP contribution in [0.4, 0.5) is 17.5 Å². The highest BCUT2D eigenvalue weighted by molar-refractivity contribution is 5.87. The highest BCUT2D eigenvalue weighted by Gasteiger charge is 2.26. The Kier molecular flexibility index (Phi) is 9.10. The molecule has 0 radical (unpaired) electrons. The number of aromatic nitrogens is 4. The van der Waals surface area contributed by atoms with E-state index < -0.39 is 0 Å². The third-order valence-corrected chi connectivity index (χ3v) is 7.89. The Balaban J connectivity index is 1.21. The van der Waals surface area contributed by atoms with E-state index in [1.54, 1.807) is 0 Å². The molecule has 0 bridgehead atoms. The third kappa shape index (κ3) is 7.12. The maximum Gasteiger partial charge on any atom is 0.246 e. The first-order valence-electron chi connectivity index (χ1n) is 14.9. The Labute approximate surface area is 251 Å². The molecule has 0 unspecified atom stereocenters. The first-order valence-corrected chi connectivity index (χ1v) is 14.9. The summed E-state index contributed by atoms with van der Waals surface area (Å²) in [6, 6.07) is 18.1. The summed E-state index contributed by atoms with van der Waals surface area (Å²) in [4.78, 5) is 31.0. The van der Waals surface area contributed by atoms with Crippen molar-refractivity contribution < 1.29 is 14.3 Å². The molecule has 6 rings (SSSR count). The summed E-state index contributed by atoms with van der Waals surface area (Å²) in [6.45, 7) is 10.5. The van der Waals surface area contributed by atoms with Crippen molar-refractivity contribution in [1.29, 1.82) is 0 Å². The number of nitrogens with one attached hydrogen (secondary N) is 2. The number of nitrogens with zero attached hydrogens (tertiary/aromatic N) is 6. The number of hydrogen-bond acceptors (Lipinski definition) is 9. The lowest BCUT2D eigenvalue weighted by molar-refractivity contribution is -0.127. The predicted octanol–water partition coefficient (Wildman–Crippen LogP) is 4.24. The molecule has 2 aliphatic heterocycles. The summed E-state index contributed by atoms with van der Waals surface area (Å²) in [5, 5.41) is 6.83. The van der Waals surface area contributed by atoms with Crippen LogP contribution >= 0.6 is 0 Å². The minimum absolute atomic E-state index is 0.0511. The van der Waals surface area contributed by atoms with Gasteiger partial charge in [0.05, 0.1) is 25.6 Å². The molecule has 2 fully saturated rings. The zero-order chi connectivity index (χ0) is 29.4. The van der Waals surface area contributed by atoms with E-state index in [1.165, 1.54) is 6.08 Å². The first kappa shape index (κ1) is 28.6. The minimum atomic E-state index is -0.0511. The number of amides is 1. The standard InChI is InChI=1S/C32H38N8O3/c1-2-28(41)39-14-6-9-26(22-39)40-23-34-29-30(33-21-24-7-4-3-5-8-24)36-32(37-31(29)40)35-25-10-12-27(13-11-25)43-20-17-38-15-18-42-19-16-38/h2-5,7-8,10-13,23,26H,1,6,9,14-22H2,(H2,33,35,36,37)/t26-/m0/s1. The molecule has 11 heteroatoms. The number of likely N-dealkylation sites (tertiary alicyclic amines) is 1. The number of rotatable bonds is 11. The molecule has 2 aliphatic rings. The lowest BCUT2D eigenvalue weighted by Gasteiger charge is -2.32. The van der Waals surface area contributed by atoms with Crippen molar-refractivity contribution in [3.05, 3.63) is 79.1 Å². The van der Waals surface area contributed by atoms with Crippen molar-refractivity contribution in [3.8, 4) is 5.75 Å². The van der Waals surface area contributed by atoms with Gasteiger partial charge in [0.1, 0.15) is 12.4 Å². The molecule has 2 aromatic heterocycles. The maximum absolute atomic E-state index is 12.4. The molecule has 0 spiro atoms. The molecular weight excluding hydrogens is 544 g/mol. The zero-order valence-corrected chi connectivity index (χ0v) is 24.3. The molecule has 1 atom stereocenters. The Bertz CT molecular complexity index is 1520. The monoisotopic (exact) mass is 582 g/mol. The molecular formula is C32H38N8O3. The van der Waals surface area contributed by atoms with Gasteiger partial charge >= 0.3 is 0 Å². The van der Waals surface area contributed by atoms with E-state index in [2.05, 4.69) is 38.8 Å². The first-order chi connectivity index (χ1) is 21.2. The molecule has 43 heavy (non-hydrogen) atoms. The Morgan fingerprint density at radius 2 is 1.88 bits per heavy atom. The Morgan fingerprint density at radius 1 is 1.07 bits per heavy atom. The van der Waals surface area contributed by atoms with Gasteiger partial charge in [-0.15, -0.1) is 0 Å². The van der Waals surface area contributed by atoms with Gasteiger partial charge in [0, 0.05) is 45.0 Å². The van der Waals surface area contributed by atoms with Crippen LogP contribution < -0.4 is 15.4 Å². The number of benzene rings is 2. The summed E-state index contributed by atoms with van der Waals surface area (Å²) in [6.07, 6.45) is 5.02. The van der Waals surface area contributed by atoms with E-state index in [1.807, 2.05) is 53.7 Å². The fourth-order valence-corrected chi connectivity index (χ4v) is 5.54. The van der Waals surface area contributed by atoms with E-state index >= 15 is 0 Å². The smallest absolute Gasteiger partial charge is 0.246 e. The summed E-state index contributed by atoms with van der Waals surface area (Å²) in [7, 11) is 0. The van der Waals surface area contributed by atoms with Crippen LogP contribution in [0.25, 0.3) is 11.2 Å². The number of carbonyl (C=O) groups excluding carboxylic acids is 1. The highest BCUT2D eigenvalue weighted by Crippen LogP contribution is 2.29. The van der Waals surface area contributed by atoms with Crippen molar-refractivity contribution in [1.82, 2.24) is 29.3 Å². The molecule has 0 saturated carbocycles. The van der Waals surface area contributed by atoms with Gasteiger partial charge in [-0.2, -0.15) is 9.97 Å². The minimum Gasteiger partial charge on any atom is -0.492 e. The van der Waals surface area contributed by atoms with E-state index in [-0.39, 0.29) is 11.9 Å². The van der Waals surface area contributed by atoms with Crippen LogP contribution in [0.15, 0.2) is 73.6 Å². The molecule has 2 saturated heterocycles. The van der Waals surface area contributed by atoms with Crippen molar-refractivity contribution in [2.75, 3.05) is 63.2 Å². The van der Waals surface area contributed by atoms with Crippen LogP contribution in [0, 0.1) is 0 Å². The normalized spacial score (nSPS) is 17.5. The summed E-state index contributed by atoms with van der Waals surface area (Å²) < 4.78 is 13.5. The van der Waals surface area contributed by atoms with Gasteiger partial charge in [-0.3, -0.25) is 9.69 Å². The lowest BCUT2D eigenvalue weighted by atomic mass is 10.1. The maximum atomic E-state index is 12.4. The largest absolute Gasteiger partial charge is 0.492 e. The van der Waals surface area contributed by atoms with E-state index in [0.717, 1.165) is 69.2 Å². The summed E-state index contributed by atoms with van der Waals surface area (Å²) in [5.41, 5.74) is 3.39. The molecule has 4 aromatic rings. The number of hydrogen-bond donors (Lipinski definition) is 2. The van der Waals surface area contributed by atoms with Crippen LogP contribution in [0.5, 0.6) is 5.75 Å². The molecule has 0 aliphatic carbocycles. The van der Waals surface area contributed by atoms with Crippen LogP contribution in [-0.4, -0.2) is 87.8 Å². The quantitative estimate of drug-likeness (QED) is 0.251. The van der Waals surface area contributed by atoms with Gasteiger partial charge in [-0.1, -0.05) is 36.9 Å². The van der Waals surface area contributed by atoms with Crippen molar-refractivity contribution >= 4 is 34.5 Å². The van der Waals surface area contributed by atoms with Gasteiger partial charge in [0.2, 0.25) is 11.9 Å². The number of carbonyl (C=O) groups is 1. The van der Waals surface area contributed by atoms with Crippen molar-refractivity contribution in [2.24, 2.45) is 0 Å². The highest BCUT2D eigenvalue weighted by atomic mass is 16.5. The molecule has 11 nitrogen and oxygen atoms in total. The number of ether oxygens (including phenoxy) is 2. The molecule has 2 aromatic carbocycles. The number of imidazole rings is 1.